The van der Waals surface area contributed by atoms with Gasteiger partial charge in [0, 0.05) is 35.7 Å². The summed E-state index contributed by atoms with van der Waals surface area (Å²) < 4.78 is 0. The van der Waals surface area contributed by atoms with Gasteiger partial charge in [0.15, 0.2) is 0 Å². The molecule has 3 rings (SSSR count). The largest absolute Gasteiger partial charge is 0.396 e. The first-order valence-corrected chi connectivity index (χ1v) is 7.23. The molecule has 1 saturated carbocycles. The summed E-state index contributed by atoms with van der Waals surface area (Å²) in [5.41, 5.74) is 0.575. The monoisotopic (exact) mass is 286 g/mol. The van der Waals surface area contributed by atoms with E-state index in [4.69, 9.17) is 0 Å². The van der Waals surface area contributed by atoms with Gasteiger partial charge in [0.25, 0.3) is 5.91 Å². The zero-order valence-electron chi connectivity index (χ0n) is 11.6. The van der Waals surface area contributed by atoms with E-state index < -0.39 is 0 Å². The number of hydrogen-bond acceptors (Lipinski definition) is 3. The number of H-pyrrole nitrogens is 1. The van der Waals surface area contributed by atoms with Gasteiger partial charge in [0.05, 0.1) is 0 Å². The van der Waals surface area contributed by atoms with Crippen LogP contribution in [0, 0.1) is 5.92 Å². The molecule has 0 bridgehead atoms. The molecule has 0 aliphatic heterocycles. The average Bonchev–Trinajstić information content (AvgIpc) is 2.95. The number of nitrogens with one attached hydrogen (secondary N) is 2. The fraction of sp³-hybridized carbons (Fsp3) is 0.375. The number of fused-ring (bicyclic) bond motifs is 1. The van der Waals surface area contributed by atoms with Crippen molar-refractivity contribution in [1.29, 1.82) is 0 Å². The second kappa shape index (κ2) is 5.69. The van der Waals surface area contributed by atoms with Gasteiger partial charge in [-0.1, -0.05) is 18.6 Å². The van der Waals surface area contributed by atoms with Crippen molar-refractivity contribution in [3.8, 4) is 0 Å². The van der Waals surface area contributed by atoms with Crippen molar-refractivity contribution in [1.82, 2.24) is 10.3 Å². The quantitative estimate of drug-likeness (QED) is 0.798. The highest BCUT2D eigenvalue weighted by Gasteiger charge is 2.28. The Morgan fingerprint density at radius 1 is 1.33 bits per heavy atom. The molecule has 3 N–H and O–H groups in total. The lowest BCUT2D eigenvalue weighted by Crippen LogP contribution is -2.40. The maximum absolute atomic E-state index is 12.4. The summed E-state index contributed by atoms with van der Waals surface area (Å²) in [7, 11) is 0. The van der Waals surface area contributed by atoms with Gasteiger partial charge in [-0.05, 0) is 25.0 Å². The summed E-state index contributed by atoms with van der Waals surface area (Å²) in [6.07, 6.45) is 4.21. The summed E-state index contributed by atoms with van der Waals surface area (Å²) in [5.74, 6) is -0.277. The summed E-state index contributed by atoms with van der Waals surface area (Å²) in [5, 5.41) is 12.7. The number of aromatic amines is 1. The molecular formula is C16H18N2O3. The van der Waals surface area contributed by atoms with Gasteiger partial charge >= 0.3 is 0 Å². The number of benzene rings is 1. The van der Waals surface area contributed by atoms with Gasteiger partial charge in [-0.2, -0.15) is 0 Å². The first-order chi connectivity index (χ1) is 10.2. The zero-order valence-corrected chi connectivity index (χ0v) is 11.6. The highest BCUT2D eigenvalue weighted by atomic mass is 16.3. The lowest BCUT2D eigenvalue weighted by Gasteiger charge is -2.18. The Bertz CT molecular complexity index is 723. The number of para-hydroxylation sites is 1. The molecule has 0 spiro atoms. The number of aromatic nitrogens is 1. The minimum atomic E-state index is -0.368. The van der Waals surface area contributed by atoms with Gasteiger partial charge in [-0.25, -0.2) is 0 Å². The van der Waals surface area contributed by atoms with Crippen molar-refractivity contribution in [2.45, 2.75) is 25.3 Å². The third-order valence-electron chi connectivity index (χ3n) is 4.24. The number of amides is 1. The molecule has 5 nitrogen and oxygen atoms in total. The van der Waals surface area contributed by atoms with E-state index in [9.17, 15) is 14.7 Å². The van der Waals surface area contributed by atoms with E-state index in [0.29, 0.717) is 10.9 Å². The fourth-order valence-corrected chi connectivity index (χ4v) is 3.03. The normalized spacial score (nSPS) is 21.6. The Kier molecular flexibility index (Phi) is 3.75. The van der Waals surface area contributed by atoms with Crippen LogP contribution >= 0.6 is 0 Å². The Hall–Kier alpha value is -2.14. The SMILES string of the molecule is O=C(NC1CCCC1CO)c1c[nH]c2ccccc2c1=O. The summed E-state index contributed by atoms with van der Waals surface area (Å²) in [6, 6.07) is 7.07. The summed E-state index contributed by atoms with van der Waals surface area (Å²) in [6.45, 7) is 0.0685. The molecule has 1 aromatic heterocycles. The van der Waals surface area contributed by atoms with E-state index in [-0.39, 0.29) is 35.5 Å². The number of hydrogen-bond donors (Lipinski definition) is 3. The van der Waals surface area contributed by atoms with Gasteiger partial charge in [0.1, 0.15) is 5.56 Å². The molecule has 21 heavy (non-hydrogen) atoms. The maximum atomic E-state index is 12.4. The standard InChI is InChI=1S/C16H18N2O3/c19-9-10-4-3-7-13(10)18-16(21)12-8-17-14-6-2-1-5-11(14)15(12)20/h1-2,5-6,8,10,13,19H,3-4,7,9H2,(H,17,20)(H,18,21). The van der Waals surface area contributed by atoms with Crippen LogP contribution in [0.1, 0.15) is 29.6 Å². The van der Waals surface area contributed by atoms with Crippen molar-refractivity contribution >= 4 is 16.8 Å². The second-order valence-corrected chi connectivity index (χ2v) is 5.53. The van der Waals surface area contributed by atoms with Crippen molar-refractivity contribution in [2.75, 3.05) is 6.61 Å². The predicted octanol–water partition coefficient (Wildman–Crippen LogP) is 1.42. The molecular weight excluding hydrogens is 268 g/mol. The van der Waals surface area contributed by atoms with Crippen LogP contribution in [0.4, 0.5) is 0 Å². The Labute approximate surface area is 122 Å². The fourth-order valence-electron chi connectivity index (χ4n) is 3.03. The summed E-state index contributed by atoms with van der Waals surface area (Å²) in [4.78, 5) is 27.7. The average molecular weight is 286 g/mol. The highest BCUT2D eigenvalue weighted by Crippen LogP contribution is 2.25. The zero-order chi connectivity index (χ0) is 14.8. The Morgan fingerprint density at radius 3 is 2.95 bits per heavy atom. The summed E-state index contributed by atoms with van der Waals surface area (Å²) >= 11 is 0. The lowest BCUT2D eigenvalue weighted by atomic mass is 10.0. The van der Waals surface area contributed by atoms with Crippen molar-refractivity contribution in [3.63, 3.8) is 0 Å². The van der Waals surface area contributed by atoms with E-state index in [0.717, 1.165) is 19.3 Å². The molecule has 2 aromatic rings. The molecule has 110 valence electrons. The number of carbonyl (C=O) groups is 1. The lowest BCUT2D eigenvalue weighted by molar-refractivity contribution is 0.0915. The van der Waals surface area contributed by atoms with Gasteiger partial charge in [0.2, 0.25) is 5.43 Å². The van der Waals surface area contributed by atoms with E-state index >= 15 is 0 Å². The number of carbonyl (C=O) groups excluding carboxylic acids is 1. The molecule has 1 aliphatic carbocycles. The minimum absolute atomic E-state index is 0.0478. The van der Waals surface area contributed by atoms with Crippen LogP contribution in [-0.2, 0) is 0 Å². The first kappa shape index (κ1) is 13.8. The van der Waals surface area contributed by atoms with E-state index in [1.807, 2.05) is 6.07 Å². The number of rotatable bonds is 3. The van der Waals surface area contributed by atoms with Crippen LogP contribution in [0.2, 0.25) is 0 Å². The topological polar surface area (TPSA) is 82.2 Å². The van der Waals surface area contributed by atoms with Crippen LogP contribution in [0.25, 0.3) is 10.9 Å². The van der Waals surface area contributed by atoms with E-state index in [1.54, 1.807) is 18.2 Å². The minimum Gasteiger partial charge on any atom is -0.396 e. The second-order valence-electron chi connectivity index (χ2n) is 5.53. The Morgan fingerprint density at radius 2 is 2.14 bits per heavy atom. The molecule has 0 radical (unpaired) electrons. The van der Waals surface area contributed by atoms with Crippen LogP contribution in [0.15, 0.2) is 35.3 Å². The molecule has 5 heteroatoms. The third kappa shape index (κ3) is 2.56. The first-order valence-electron chi connectivity index (χ1n) is 7.23. The Balaban J connectivity index is 1.88. The third-order valence-corrected chi connectivity index (χ3v) is 4.24. The number of aliphatic hydroxyl groups is 1. The highest BCUT2D eigenvalue weighted by molar-refractivity contribution is 5.97. The van der Waals surface area contributed by atoms with Gasteiger partial charge in [-0.15, -0.1) is 0 Å². The molecule has 1 heterocycles. The maximum Gasteiger partial charge on any atom is 0.256 e. The van der Waals surface area contributed by atoms with Crippen LogP contribution < -0.4 is 10.7 Å². The number of aliphatic hydroxyl groups excluding tert-OH is 1. The van der Waals surface area contributed by atoms with Crippen LogP contribution in [-0.4, -0.2) is 28.6 Å². The van der Waals surface area contributed by atoms with Crippen molar-refractivity contribution in [3.05, 3.63) is 46.2 Å². The van der Waals surface area contributed by atoms with Crippen molar-refractivity contribution < 1.29 is 9.90 Å². The molecule has 1 fully saturated rings. The van der Waals surface area contributed by atoms with E-state index in [2.05, 4.69) is 10.3 Å². The van der Waals surface area contributed by atoms with E-state index in [1.165, 1.54) is 6.20 Å². The van der Waals surface area contributed by atoms with Crippen LogP contribution in [0.3, 0.4) is 0 Å². The molecule has 0 saturated heterocycles. The smallest absolute Gasteiger partial charge is 0.256 e. The molecule has 2 atom stereocenters. The molecule has 1 aliphatic rings. The molecule has 2 unspecified atom stereocenters. The van der Waals surface area contributed by atoms with Crippen molar-refractivity contribution in [2.24, 2.45) is 5.92 Å². The van der Waals surface area contributed by atoms with Gasteiger partial charge in [-0.3, -0.25) is 9.59 Å². The molecule has 1 aromatic carbocycles. The van der Waals surface area contributed by atoms with Crippen LogP contribution in [0.5, 0.6) is 0 Å². The number of pyridine rings is 1. The predicted molar refractivity (Wildman–Crippen MR) is 80.2 cm³/mol. The van der Waals surface area contributed by atoms with Gasteiger partial charge < -0.3 is 15.4 Å². The molecule has 1 amide bonds.